The largest absolute Gasteiger partial charge is 0.389 e. The summed E-state index contributed by atoms with van der Waals surface area (Å²) in [6, 6.07) is 7.66. The molecule has 19 heavy (non-hydrogen) atoms. The summed E-state index contributed by atoms with van der Waals surface area (Å²) in [4.78, 5) is 14.2. The van der Waals surface area contributed by atoms with Crippen molar-refractivity contribution in [3.05, 3.63) is 35.4 Å². The van der Waals surface area contributed by atoms with Crippen LogP contribution < -0.4 is 11.1 Å². The molecule has 0 aromatic heterocycles. The summed E-state index contributed by atoms with van der Waals surface area (Å²) in [5, 5.41) is 2.94. The number of nitrogens with one attached hydrogen (secondary N) is 1. The van der Waals surface area contributed by atoms with Crippen LogP contribution >= 0.6 is 12.2 Å². The van der Waals surface area contributed by atoms with Crippen molar-refractivity contribution in [2.24, 2.45) is 5.73 Å². The van der Waals surface area contributed by atoms with Gasteiger partial charge in [-0.25, -0.2) is 4.79 Å². The number of nitrogens with two attached hydrogens (primary N) is 1. The lowest BCUT2D eigenvalue weighted by molar-refractivity contribution is 0.186. The van der Waals surface area contributed by atoms with E-state index < -0.39 is 0 Å². The van der Waals surface area contributed by atoms with Crippen molar-refractivity contribution in [1.82, 2.24) is 10.2 Å². The van der Waals surface area contributed by atoms with Crippen LogP contribution in [0.3, 0.4) is 0 Å². The van der Waals surface area contributed by atoms with Gasteiger partial charge in [0.1, 0.15) is 4.99 Å². The van der Waals surface area contributed by atoms with Gasteiger partial charge in [0.15, 0.2) is 0 Å². The van der Waals surface area contributed by atoms with Crippen LogP contribution in [0.15, 0.2) is 24.3 Å². The molecule has 0 spiro atoms. The molecule has 1 aromatic carbocycles. The second-order valence-electron chi connectivity index (χ2n) is 4.77. The van der Waals surface area contributed by atoms with Crippen molar-refractivity contribution >= 4 is 23.2 Å². The number of hydrogen-bond acceptors (Lipinski definition) is 2. The van der Waals surface area contributed by atoms with E-state index in [2.05, 4.69) is 5.32 Å². The molecule has 1 aliphatic rings. The third-order valence-corrected chi connectivity index (χ3v) is 3.53. The topological polar surface area (TPSA) is 58.4 Å². The summed E-state index contributed by atoms with van der Waals surface area (Å²) in [5.74, 6) is 0. The van der Waals surface area contributed by atoms with Crippen LogP contribution in [0.25, 0.3) is 0 Å². The van der Waals surface area contributed by atoms with Gasteiger partial charge in [-0.3, -0.25) is 0 Å². The SMILES string of the molecule is NC(=S)c1cccc(CNC(=O)N2CCCCC2)c1. The molecule has 3 N–H and O–H groups in total. The third-order valence-electron chi connectivity index (χ3n) is 3.30. The van der Waals surface area contributed by atoms with Crippen LogP contribution in [0.1, 0.15) is 30.4 Å². The lowest BCUT2D eigenvalue weighted by Crippen LogP contribution is -2.42. The van der Waals surface area contributed by atoms with Crippen molar-refractivity contribution in [1.29, 1.82) is 0 Å². The van der Waals surface area contributed by atoms with Gasteiger partial charge in [-0.05, 0) is 30.9 Å². The minimum absolute atomic E-state index is 0.0143. The van der Waals surface area contributed by atoms with Crippen molar-refractivity contribution in [2.75, 3.05) is 13.1 Å². The van der Waals surface area contributed by atoms with Crippen LogP contribution in [-0.4, -0.2) is 29.0 Å². The zero-order valence-electron chi connectivity index (χ0n) is 10.9. The number of nitrogens with zero attached hydrogens (tertiary/aromatic N) is 1. The molecular formula is C14H19N3OS. The third kappa shape index (κ3) is 3.92. The normalized spacial score (nSPS) is 15.1. The van der Waals surface area contributed by atoms with Crippen LogP contribution in [0.5, 0.6) is 0 Å². The molecule has 4 nitrogen and oxygen atoms in total. The molecule has 1 heterocycles. The first-order chi connectivity index (χ1) is 9.16. The number of likely N-dealkylation sites (tertiary alicyclic amines) is 1. The number of thiocarbonyl (C=S) groups is 1. The second-order valence-corrected chi connectivity index (χ2v) is 5.21. The van der Waals surface area contributed by atoms with E-state index in [9.17, 15) is 4.79 Å². The molecule has 0 bridgehead atoms. The van der Waals surface area contributed by atoms with Gasteiger partial charge in [-0.2, -0.15) is 0 Å². The number of carbonyl (C=O) groups is 1. The van der Waals surface area contributed by atoms with Gasteiger partial charge >= 0.3 is 6.03 Å². The van der Waals surface area contributed by atoms with Crippen LogP contribution in [0.2, 0.25) is 0 Å². The molecule has 0 saturated carbocycles. The summed E-state index contributed by atoms with van der Waals surface area (Å²) in [7, 11) is 0. The van der Waals surface area contributed by atoms with E-state index in [0.29, 0.717) is 11.5 Å². The number of amides is 2. The molecule has 2 rings (SSSR count). The minimum Gasteiger partial charge on any atom is -0.389 e. The predicted octanol–water partition coefficient (Wildman–Crippen LogP) is 2.02. The maximum atomic E-state index is 12.0. The molecule has 0 atom stereocenters. The first kappa shape index (κ1) is 13.8. The van der Waals surface area contributed by atoms with Gasteiger partial charge in [-0.15, -0.1) is 0 Å². The Kier molecular flexibility index (Phi) is 4.74. The van der Waals surface area contributed by atoms with E-state index in [4.69, 9.17) is 18.0 Å². The Morgan fingerprint density at radius 2 is 2.05 bits per heavy atom. The monoisotopic (exact) mass is 277 g/mol. The van der Waals surface area contributed by atoms with Crippen LogP contribution in [-0.2, 0) is 6.54 Å². The average molecular weight is 277 g/mol. The highest BCUT2D eigenvalue weighted by Gasteiger charge is 2.15. The average Bonchev–Trinajstić information content (AvgIpc) is 2.46. The van der Waals surface area contributed by atoms with Crippen molar-refractivity contribution in [3.8, 4) is 0 Å². The molecule has 102 valence electrons. The van der Waals surface area contributed by atoms with Gasteiger partial charge in [0.25, 0.3) is 0 Å². The fourth-order valence-electron chi connectivity index (χ4n) is 2.22. The van der Waals surface area contributed by atoms with Gasteiger partial charge in [0.2, 0.25) is 0 Å². The first-order valence-corrected chi connectivity index (χ1v) is 6.99. The second kappa shape index (κ2) is 6.52. The number of carbonyl (C=O) groups excluding carboxylic acids is 1. The number of piperidine rings is 1. The molecule has 0 radical (unpaired) electrons. The zero-order valence-corrected chi connectivity index (χ0v) is 11.7. The van der Waals surface area contributed by atoms with Gasteiger partial charge in [0.05, 0.1) is 0 Å². The first-order valence-electron chi connectivity index (χ1n) is 6.58. The van der Waals surface area contributed by atoms with Crippen molar-refractivity contribution < 1.29 is 4.79 Å². The van der Waals surface area contributed by atoms with E-state index in [1.165, 1.54) is 6.42 Å². The number of hydrogen-bond donors (Lipinski definition) is 2. The van der Waals surface area contributed by atoms with Gasteiger partial charge < -0.3 is 16.0 Å². The predicted molar refractivity (Wildman–Crippen MR) is 80.0 cm³/mol. The molecular weight excluding hydrogens is 258 g/mol. The van der Waals surface area contributed by atoms with Crippen LogP contribution in [0, 0.1) is 0 Å². The molecule has 1 fully saturated rings. The highest BCUT2D eigenvalue weighted by atomic mass is 32.1. The number of rotatable bonds is 3. The molecule has 5 heteroatoms. The Labute approximate surface area is 119 Å². The molecule has 0 unspecified atom stereocenters. The standard InChI is InChI=1S/C14H19N3OS/c15-13(19)12-6-4-5-11(9-12)10-16-14(18)17-7-2-1-3-8-17/h4-6,9H,1-3,7-8,10H2,(H2,15,19)(H,16,18). The van der Waals surface area contributed by atoms with E-state index in [-0.39, 0.29) is 6.03 Å². The summed E-state index contributed by atoms with van der Waals surface area (Å²) < 4.78 is 0. The molecule has 1 aliphatic heterocycles. The molecule has 1 saturated heterocycles. The fourth-order valence-corrected chi connectivity index (χ4v) is 2.35. The van der Waals surface area contributed by atoms with E-state index in [1.54, 1.807) is 0 Å². The molecule has 1 aromatic rings. The minimum atomic E-state index is 0.0143. The smallest absolute Gasteiger partial charge is 0.317 e. The summed E-state index contributed by atoms with van der Waals surface area (Å²) >= 11 is 4.94. The van der Waals surface area contributed by atoms with Gasteiger partial charge in [0, 0.05) is 25.2 Å². The quantitative estimate of drug-likeness (QED) is 0.831. The van der Waals surface area contributed by atoms with Crippen LogP contribution in [0.4, 0.5) is 4.79 Å². The Balaban J connectivity index is 1.89. The van der Waals surface area contributed by atoms with E-state index in [0.717, 1.165) is 37.1 Å². The lowest BCUT2D eigenvalue weighted by Gasteiger charge is -2.26. The Bertz CT molecular complexity index is 470. The highest BCUT2D eigenvalue weighted by molar-refractivity contribution is 7.80. The Hall–Kier alpha value is -1.62. The summed E-state index contributed by atoms with van der Waals surface area (Å²) in [5.41, 5.74) is 7.43. The number of benzene rings is 1. The maximum Gasteiger partial charge on any atom is 0.317 e. The van der Waals surface area contributed by atoms with Crippen molar-refractivity contribution in [2.45, 2.75) is 25.8 Å². The van der Waals surface area contributed by atoms with Crippen molar-refractivity contribution in [3.63, 3.8) is 0 Å². The van der Waals surface area contributed by atoms with E-state index in [1.807, 2.05) is 29.2 Å². The Morgan fingerprint density at radius 1 is 1.32 bits per heavy atom. The maximum absolute atomic E-state index is 12.0. The van der Waals surface area contributed by atoms with Gasteiger partial charge in [-0.1, -0.05) is 30.4 Å². The molecule has 2 amide bonds. The lowest BCUT2D eigenvalue weighted by atomic mass is 10.1. The highest BCUT2D eigenvalue weighted by Crippen LogP contribution is 2.09. The summed E-state index contributed by atoms with van der Waals surface area (Å²) in [6.45, 7) is 2.23. The number of urea groups is 1. The van der Waals surface area contributed by atoms with E-state index >= 15 is 0 Å². The molecule has 0 aliphatic carbocycles. The summed E-state index contributed by atoms with van der Waals surface area (Å²) in [6.07, 6.45) is 3.43. The Morgan fingerprint density at radius 3 is 2.74 bits per heavy atom. The zero-order chi connectivity index (χ0) is 13.7. The fraction of sp³-hybridized carbons (Fsp3) is 0.429.